The maximum absolute atomic E-state index is 11.0. The highest BCUT2D eigenvalue weighted by Gasteiger charge is 2.18. The fourth-order valence-corrected chi connectivity index (χ4v) is 1.44. The molecule has 0 aromatic rings. The second kappa shape index (κ2) is 4.04. The van der Waals surface area contributed by atoms with Gasteiger partial charge in [0.2, 0.25) is 0 Å². The number of rotatable bonds is 2. The Labute approximate surface area is 68.6 Å². The van der Waals surface area contributed by atoms with Gasteiger partial charge in [0.25, 0.3) is 0 Å². The molecule has 1 radical (unpaired) electrons. The largest absolute Gasteiger partial charge is 0.301 e. The molecule has 0 bridgehead atoms. The van der Waals surface area contributed by atoms with Crippen molar-refractivity contribution >= 4 is 0 Å². The molecule has 1 aliphatic rings. The Balaban J connectivity index is 2.24. The monoisotopic (exact) mass is 157 g/mol. The van der Waals surface area contributed by atoms with E-state index in [4.69, 9.17) is 0 Å². The van der Waals surface area contributed by atoms with Crippen LogP contribution in [0, 0.1) is 0 Å². The number of nitrogens with zero attached hydrogens (tertiary/aromatic N) is 2. The third-order valence-corrected chi connectivity index (χ3v) is 2.37. The molecule has 1 rings (SSSR count). The summed E-state index contributed by atoms with van der Waals surface area (Å²) in [6.07, 6.45) is -0.519. The molecule has 0 N–H and O–H groups in total. The quantitative estimate of drug-likeness (QED) is 0.580. The van der Waals surface area contributed by atoms with Crippen LogP contribution in [0.15, 0.2) is 0 Å². The molecule has 0 spiro atoms. The smallest absolute Gasteiger partial charge is 0.143 e. The molecule has 3 heteroatoms. The summed E-state index contributed by atoms with van der Waals surface area (Å²) in [6, 6.07) is 0. The zero-order valence-corrected chi connectivity index (χ0v) is 7.42. The van der Waals surface area contributed by atoms with Crippen LogP contribution in [0.25, 0.3) is 0 Å². The van der Waals surface area contributed by atoms with Crippen molar-refractivity contribution in [3.63, 3.8) is 0 Å². The SMILES string of the molecule is CCN1CCN(C(C)[O])CC1. The highest BCUT2D eigenvalue weighted by atomic mass is 16.3. The Morgan fingerprint density at radius 1 is 1.27 bits per heavy atom. The molecule has 0 saturated carbocycles. The van der Waals surface area contributed by atoms with Gasteiger partial charge in [0, 0.05) is 26.2 Å². The minimum absolute atomic E-state index is 0.519. The van der Waals surface area contributed by atoms with Crippen LogP contribution >= 0.6 is 0 Å². The van der Waals surface area contributed by atoms with Gasteiger partial charge in [0.05, 0.1) is 0 Å². The summed E-state index contributed by atoms with van der Waals surface area (Å²) < 4.78 is 0. The third-order valence-electron chi connectivity index (χ3n) is 2.37. The lowest BCUT2D eigenvalue weighted by atomic mass is 10.3. The summed E-state index contributed by atoms with van der Waals surface area (Å²) >= 11 is 0. The molecule has 0 amide bonds. The zero-order valence-electron chi connectivity index (χ0n) is 7.42. The molecule has 65 valence electrons. The first-order chi connectivity index (χ1) is 5.24. The van der Waals surface area contributed by atoms with E-state index in [-0.39, 0.29) is 0 Å². The van der Waals surface area contributed by atoms with E-state index in [1.54, 1.807) is 6.92 Å². The number of hydrogen-bond donors (Lipinski definition) is 0. The van der Waals surface area contributed by atoms with Crippen molar-refractivity contribution in [1.82, 2.24) is 9.80 Å². The number of hydrogen-bond acceptors (Lipinski definition) is 2. The maximum atomic E-state index is 11.0. The van der Waals surface area contributed by atoms with E-state index in [1.807, 2.05) is 4.90 Å². The first-order valence-electron chi connectivity index (χ1n) is 4.36. The Morgan fingerprint density at radius 2 is 1.82 bits per heavy atom. The summed E-state index contributed by atoms with van der Waals surface area (Å²) in [5.74, 6) is 0. The summed E-state index contributed by atoms with van der Waals surface area (Å²) in [5, 5.41) is 11.0. The van der Waals surface area contributed by atoms with Crippen LogP contribution < -0.4 is 0 Å². The van der Waals surface area contributed by atoms with Gasteiger partial charge >= 0.3 is 0 Å². The first kappa shape index (κ1) is 8.97. The van der Waals surface area contributed by atoms with Crippen molar-refractivity contribution < 1.29 is 5.11 Å². The zero-order chi connectivity index (χ0) is 8.27. The first-order valence-corrected chi connectivity index (χ1v) is 4.36. The van der Waals surface area contributed by atoms with Gasteiger partial charge < -0.3 is 4.90 Å². The third kappa shape index (κ3) is 2.43. The molecule has 1 aliphatic heterocycles. The minimum Gasteiger partial charge on any atom is -0.301 e. The van der Waals surface area contributed by atoms with Gasteiger partial charge in [-0.3, -0.25) is 4.90 Å². The van der Waals surface area contributed by atoms with Gasteiger partial charge in [0.15, 0.2) is 0 Å². The summed E-state index contributed by atoms with van der Waals surface area (Å²) in [5.41, 5.74) is 0. The summed E-state index contributed by atoms with van der Waals surface area (Å²) in [7, 11) is 0. The van der Waals surface area contributed by atoms with Gasteiger partial charge in [-0.25, -0.2) is 5.11 Å². The number of piperazine rings is 1. The molecule has 1 atom stereocenters. The molecule has 0 aromatic carbocycles. The van der Waals surface area contributed by atoms with E-state index in [0.29, 0.717) is 0 Å². The van der Waals surface area contributed by atoms with Crippen molar-refractivity contribution in [3.05, 3.63) is 0 Å². The van der Waals surface area contributed by atoms with E-state index in [1.165, 1.54) is 0 Å². The Hall–Kier alpha value is -0.120. The Morgan fingerprint density at radius 3 is 2.18 bits per heavy atom. The lowest BCUT2D eigenvalue weighted by Gasteiger charge is -2.34. The fraction of sp³-hybridized carbons (Fsp3) is 1.00. The fourth-order valence-electron chi connectivity index (χ4n) is 1.44. The van der Waals surface area contributed by atoms with Crippen molar-refractivity contribution in [1.29, 1.82) is 0 Å². The molecule has 11 heavy (non-hydrogen) atoms. The van der Waals surface area contributed by atoms with E-state index in [0.717, 1.165) is 32.7 Å². The van der Waals surface area contributed by atoms with E-state index in [2.05, 4.69) is 11.8 Å². The van der Waals surface area contributed by atoms with Gasteiger partial charge in [-0.05, 0) is 13.5 Å². The topological polar surface area (TPSA) is 26.4 Å². The van der Waals surface area contributed by atoms with Crippen LogP contribution in [0.3, 0.4) is 0 Å². The minimum atomic E-state index is -0.519. The highest BCUT2D eigenvalue weighted by Crippen LogP contribution is 2.03. The Bertz CT molecular complexity index is 109. The molecule has 0 aliphatic carbocycles. The second-order valence-corrected chi connectivity index (χ2v) is 3.07. The van der Waals surface area contributed by atoms with Crippen LogP contribution in [0.4, 0.5) is 0 Å². The molecule has 1 unspecified atom stereocenters. The normalized spacial score (nSPS) is 25.4. The lowest BCUT2D eigenvalue weighted by Crippen LogP contribution is -2.48. The standard InChI is InChI=1S/C8H17N2O/c1-3-9-4-6-10(7-5-9)8(2)11/h8H,3-7H2,1-2H3. The van der Waals surface area contributed by atoms with Crippen molar-refractivity contribution in [2.24, 2.45) is 0 Å². The second-order valence-electron chi connectivity index (χ2n) is 3.07. The van der Waals surface area contributed by atoms with Crippen LogP contribution in [-0.4, -0.2) is 48.8 Å². The molecule has 1 fully saturated rings. The van der Waals surface area contributed by atoms with Gasteiger partial charge in [-0.1, -0.05) is 6.92 Å². The van der Waals surface area contributed by atoms with Crippen LogP contribution in [0.2, 0.25) is 0 Å². The molecule has 3 nitrogen and oxygen atoms in total. The Kier molecular flexibility index (Phi) is 3.30. The van der Waals surface area contributed by atoms with Crippen molar-refractivity contribution in [2.75, 3.05) is 32.7 Å². The predicted molar refractivity (Wildman–Crippen MR) is 43.8 cm³/mol. The van der Waals surface area contributed by atoms with Gasteiger partial charge in [-0.15, -0.1) is 0 Å². The lowest BCUT2D eigenvalue weighted by molar-refractivity contribution is -0.0549. The molecular weight excluding hydrogens is 140 g/mol. The van der Waals surface area contributed by atoms with E-state index < -0.39 is 6.23 Å². The van der Waals surface area contributed by atoms with Crippen molar-refractivity contribution in [3.8, 4) is 0 Å². The number of likely N-dealkylation sites (N-methyl/N-ethyl adjacent to an activating group) is 1. The maximum Gasteiger partial charge on any atom is 0.143 e. The van der Waals surface area contributed by atoms with Crippen LogP contribution in [0.1, 0.15) is 13.8 Å². The van der Waals surface area contributed by atoms with E-state index >= 15 is 0 Å². The molecule has 1 heterocycles. The predicted octanol–water partition coefficient (Wildman–Crippen LogP) is 0.400. The summed E-state index contributed by atoms with van der Waals surface area (Å²) in [6.45, 7) is 9.00. The highest BCUT2D eigenvalue weighted by molar-refractivity contribution is 4.70. The summed E-state index contributed by atoms with van der Waals surface area (Å²) in [4.78, 5) is 4.37. The van der Waals surface area contributed by atoms with Crippen LogP contribution in [-0.2, 0) is 5.11 Å². The van der Waals surface area contributed by atoms with Gasteiger partial charge in [0.1, 0.15) is 6.23 Å². The molecular formula is C8H17N2O. The van der Waals surface area contributed by atoms with E-state index in [9.17, 15) is 5.11 Å². The molecule has 0 aromatic heterocycles. The van der Waals surface area contributed by atoms with Gasteiger partial charge in [-0.2, -0.15) is 0 Å². The van der Waals surface area contributed by atoms with Crippen molar-refractivity contribution in [2.45, 2.75) is 20.1 Å². The van der Waals surface area contributed by atoms with Crippen LogP contribution in [0.5, 0.6) is 0 Å². The average molecular weight is 157 g/mol. The average Bonchev–Trinajstić information content (AvgIpc) is 2.05. The molecule has 1 saturated heterocycles.